The number of rotatable bonds is 5. The summed E-state index contributed by atoms with van der Waals surface area (Å²) in [5.41, 5.74) is 0. The third-order valence-electron chi connectivity index (χ3n) is 2.39. The second-order valence-corrected chi connectivity index (χ2v) is 3.78. The van der Waals surface area contributed by atoms with Gasteiger partial charge in [0.2, 0.25) is 0 Å². The van der Waals surface area contributed by atoms with E-state index in [4.69, 9.17) is 5.11 Å². The minimum absolute atomic E-state index is 0.111. The molecule has 0 amide bonds. The monoisotopic (exact) mass is 207 g/mol. The molecule has 1 aliphatic heterocycles. The van der Waals surface area contributed by atoms with Crippen LogP contribution in [0.15, 0.2) is 0 Å². The minimum atomic E-state index is -2.57. The molecule has 1 saturated heterocycles. The van der Waals surface area contributed by atoms with E-state index in [9.17, 15) is 13.6 Å². The van der Waals surface area contributed by atoms with Crippen LogP contribution in [0.2, 0.25) is 0 Å². The quantitative estimate of drug-likeness (QED) is 0.673. The van der Waals surface area contributed by atoms with E-state index in [1.165, 1.54) is 0 Å². The molecule has 0 bridgehead atoms. The van der Waals surface area contributed by atoms with Gasteiger partial charge in [-0.1, -0.05) is 6.42 Å². The van der Waals surface area contributed by atoms with Crippen molar-refractivity contribution in [2.75, 3.05) is 6.54 Å². The average molecular weight is 207 g/mol. The van der Waals surface area contributed by atoms with E-state index < -0.39 is 11.9 Å². The lowest BCUT2D eigenvalue weighted by Gasteiger charge is -2.08. The summed E-state index contributed by atoms with van der Waals surface area (Å²) < 4.78 is 25.4. The summed E-state index contributed by atoms with van der Waals surface area (Å²) in [5.74, 6) is -3.40. The number of hydrogen-bond donors (Lipinski definition) is 2. The molecule has 0 unspecified atom stereocenters. The minimum Gasteiger partial charge on any atom is -0.481 e. The van der Waals surface area contributed by atoms with Crippen molar-refractivity contribution in [1.29, 1.82) is 0 Å². The first-order chi connectivity index (χ1) is 6.49. The summed E-state index contributed by atoms with van der Waals surface area (Å²) in [4.78, 5) is 10.2. The van der Waals surface area contributed by atoms with Crippen molar-refractivity contribution in [2.45, 2.75) is 44.1 Å². The standard InChI is InChI=1S/C9H15F2NO2/c10-9(11)5-7(12-6-9)3-1-2-4-8(13)14/h7,12H,1-6H2,(H,13,14)/t7-/m0/s1. The van der Waals surface area contributed by atoms with Gasteiger partial charge < -0.3 is 10.4 Å². The lowest BCUT2D eigenvalue weighted by Crippen LogP contribution is -2.22. The molecule has 0 aromatic carbocycles. The summed E-state index contributed by atoms with van der Waals surface area (Å²) in [7, 11) is 0. The fourth-order valence-electron chi connectivity index (χ4n) is 1.67. The Balaban J connectivity index is 2.06. The molecule has 0 aliphatic carbocycles. The van der Waals surface area contributed by atoms with Gasteiger partial charge in [-0.05, 0) is 12.8 Å². The molecule has 2 N–H and O–H groups in total. The topological polar surface area (TPSA) is 49.3 Å². The zero-order valence-electron chi connectivity index (χ0n) is 7.93. The maximum atomic E-state index is 12.7. The molecule has 0 saturated carbocycles. The van der Waals surface area contributed by atoms with Crippen LogP contribution in [0.25, 0.3) is 0 Å². The molecule has 1 rings (SSSR count). The highest BCUT2D eigenvalue weighted by molar-refractivity contribution is 5.66. The third kappa shape index (κ3) is 4.00. The van der Waals surface area contributed by atoms with Gasteiger partial charge in [0.25, 0.3) is 5.92 Å². The van der Waals surface area contributed by atoms with Crippen LogP contribution in [0.4, 0.5) is 8.78 Å². The van der Waals surface area contributed by atoms with E-state index in [1.54, 1.807) is 0 Å². The van der Waals surface area contributed by atoms with Crippen LogP contribution >= 0.6 is 0 Å². The molecule has 1 aliphatic rings. The van der Waals surface area contributed by atoms with Crippen LogP contribution in [0.5, 0.6) is 0 Å². The van der Waals surface area contributed by atoms with Crippen molar-refractivity contribution in [1.82, 2.24) is 5.32 Å². The van der Waals surface area contributed by atoms with Crippen molar-refractivity contribution >= 4 is 5.97 Å². The summed E-state index contributed by atoms with van der Waals surface area (Å²) in [5, 5.41) is 11.1. The number of aliphatic carboxylic acids is 1. The van der Waals surface area contributed by atoms with Crippen LogP contribution in [0, 0.1) is 0 Å². The highest BCUT2D eigenvalue weighted by Gasteiger charge is 2.38. The van der Waals surface area contributed by atoms with Crippen LogP contribution < -0.4 is 5.32 Å². The van der Waals surface area contributed by atoms with E-state index in [0.29, 0.717) is 19.3 Å². The molecular formula is C9H15F2NO2. The Kier molecular flexibility index (Phi) is 3.80. The van der Waals surface area contributed by atoms with Gasteiger partial charge in [0.1, 0.15) is 0 Å². The SMILES string of the molecule is O=C(O)CCCC[C@H]1CC(F)(F)CN1. The molecule has 14 heavy (non-hydrogen) atoms. The maximum absolute atomic E-state index is 12.7. The Morgan fingerprint density at radius 2 is 2.21 bits per heavy atom. The largest absolute Gasteiger partial charge is 0.481 e. The molecule has 1 heterocycles. The van der Waals surface area contributed by atoms with Gasteiger partial charge in [-0.3, -0.25) is 4.79 Å². The van der Waals surface area contributed by atoms with E-state index in [2.05, 4.69) is 5.32 Å². The highest BCUT2D eigenvalue weighted by Crippen LogP contribution is 2.27. The first-order valence-electron chi connectivity index (χ1n) is 4.83. The Hall–Kier alpha value is -0.710. The number of unbranched alkanes of at least 4 members (excludes halogenated alkanes) is 1. The van der Waals surface area contributed by atoms with E-state index in [1.807, 2.05) is 0 Å². The number of carboxylic acid groups (broad SMARTS) is 1. The molecule has 0 aromatic heterocycles. The van der Waals surface area contributed by atoms with Gasteiger partial charge in [-0.15, -0.1) is 0 Å². The van der Waals surface area contributed by atoms with Crippen molar-refractivity contribution in [3.63, 3.8) is 0 Å². The van der Waals surface area contributed by atoms with E-state index >= 15 is 0 Å². The summed E-state index contributed by atoms with van der Waals surface area (Å²) in [6.07, 6.45) is 1.92. The Bertz CT molecular complexity index is 209. The maximum Gasteiger partial charge on any atom is 0.303 e. The first-order valence-corrected chi connectivity index (χ1v) is 4.83. The molecule has 5 heteroatoms. The van der Waals surface area contributed by atoms with Crippen molar-refractivity contribution in [2.24, 2.45) is 0 Å². The molecule has 0 aromatic rings. The van der Waals surface area contributed by atoms with Gasteiger partial charge in [0.15, 0.2) is 0 Å². The van der Waals surface area contributed by atoms with Gasteiger partial charge >= 0.3 is 5.97 Å². The van der Waals surface area contributed by atoms with Crippen LogP contribution in [-0.2, 0) is 4.79 Å². The lowest BCUT2D eigenvalue weighted by atomic mass is 10.1. The Morgan fingerprint density at radius 3 is 2.71 bits per heavy atom. The lowest BCUT2D eigenvalue weighted by molar-refractivity contribution is -0.137. The molecule has 1 fully saturated rings. The predicted molar refractivity (Wildman–Crippen MR) is 47.5 cm³/mol. The van der Waals surface area contributed by atoms with Gasteiger partial charge in [0.05, 0.1) is 6.54 Å². The summed E-state index contributed by atoms with van der Waals surface area (Å²) in [6.45, 7) is -0.239. The Morgan fingerprint density at radius 1 is 1.50 bits per heavy atom. The van der Waals surface area contributed by atoms with Gasteiger partial charge in [-0.25, -0.2) is 8.78 Å². The third-order valence-corrected chi connectivity index (χ3v) is 2.39. The van der Waals surface area contributed by atoms with E-state index in [-0.39, 0.29) is 25.4 Å². The van der Waals surface area contributed by atoms with Gasteiger partial charge in [-0.2, -0.15) is 0 Å². The number of halogens is 2. The highest BCUT2D eigenvalue weighted by atomic mass is 19.3. The summed E-state index contributed by atoms with van der Waals surface area (Å²) in [6, 6.07) is -0.140. The number of hydrogen-bond acceptors (Lipinski definition) is 2. The fourth-order valence-corrected chi connectivity index (χ4v) is 1.67. The van der Waals surface area contributed by atoms with Crippen LogP contribution in [0.1, 0.15) is 32.1 Å². The van der Waals surface area contributed by atoms with Crippen molar-refractivity contribution in [3.8, 4) is 0 Å². The predicted octanol–water partition coefficient (Wildman–Crippen LogP) is 1.63. The second kappa shape index (κ2) is 4.68. The van der Waals surface area contributed by atoms with Gasteiger partial charge in [0, 0.05) is 18.9 Å². The zero-order chi connectivity index (χ0) is 10.6. The Labute approximate surface area is 81.5 Å². The number of alkyl halides is 2. The molecule has 0 spiro atoms. The fraction of sp³-hybridized carbons (Fsp3) is 0.889. The number of nitrogens with one attached hydrogen (secondary N) is 1. The molecule has 3 nitrogen and oxygen atoms in total. The van der Waals surface area contributed by atoms with Crippen molar-refractivity contribution in [3.05, 3.63) is 0 Å². The average Bonchev–Trinajstić information content (AvgIpc) is 2.39. The molecule has 1 atom stereocenters. The first kappa shape index (κ1) is 11.4. The summed E-state index contributed by atoms with van der Waals surface area (Å²) >= 11 is 0. The molecule has 82 valence electrons. The van der Waals surface area contributed by atoms with Crippen molar-refractivity contribution < 1.29 is 18.7 Å². The zero-order valence-corrected chi connectivity index (χ0v) is 7.93. The molecule has 0 radical (unpaired) electrons. The number of carboxylic acids is 1. The normalized spacial score (nSPS) is 25.1. The number of carbonyl (C=O) groups is 1. The second-order valence-electron chi connectivity index (χ2n) is 3.78. The smallest absolute Gasteiger partial charge is 0.303 e. The van der Waals surface area contributed by atoms with E-state index in [0.717, 1.165) is 0 Å². The van der Waals surface area contributed by atoms with Crippen LogP contribution in [-0.4, -0.2) is 29.6 Å². The molecular weight excluding hydrogens is 192 g/mol. The van der Waals surface area contributed by atoms with Crippen LogP contribution in [0.3, 0.4) is 0 Å².